The van der Waals surface area contributed by atoms with Crippen LogP contribution in [-0.2, 0) is 11.9 Å². The number of halogens is 2. The van der Waals surface area contributed by atoms with Gasteiger partial charge in [-0.2, -0.15) is 0 Å². The van der Waals surface area contributed by atoms with Gasteiger partial charge in [0, 0.05) is 10.9 Å². The highest BCUT2D eigenvalue weighted by Gasteiger charge is 2.26. The van der Waals surface area contributed by atoms with Gasteiger partial charge in [0.1, 0.15) is 6.54 Å². The fourth-order valence-electron chi connectivity index (χ4n) is 3.17. The van der Waals surface area contributed by atoms with Crippen molar-refractivity contribution in [3.8, 4) is 0 Å². The van der Waals surface area contributed by atoms with Crippen molar-refractivity contribution in [2.24, 2.45) is 0 Å². The van der Waals surface area contributed by atoms with Crippen molar-refractivity contribution < 1.29 is 21.5 Å². The lowest BCUT2D eigenvalue weighted by molar-refractivity contribution is -0.941. The van der Waals surface area contributed by atoms with Crippen LogP contribution in [-0.4, -0.2) is 24.1 Å². The number of rotatable bonds is 12. The third-order valence-electron chi connectivity index (χ3n) is 4.65. The quantitative estimate of drug-likeness (QED) is 0.340. The van der Waals surface area contributed by atoms with Crippen LogP contribution in [0, 0.1) is 0 Å². The van der Waals surface area contributed by atoms with E-state index in [1.165, 1.54) is 80.3 Å². The molecule has 1 aromatic carbocycles. The Morgan fingerprint density at radius 3 is 1.48 bits per heavy atom. The molecule has 0 amide bonds. The number of benzene rings is 1. The van der Waals surface area contributed by atoms with Crippen LogP contribution in [0.25, 0.3) is 0 Å². The topological polar surface area (TPSA) is 0 Å². The van der Waals surface area contributed by atoms with E-state index in [9.17, 15) is 0 Å². The molecule has 0 bridgehead atoms. The summed E-state index contributed by atoms with van der Waals surface area (Å²) in [7, 11) is 0. The predicted molar refractivity (Wildman–Crippen MR) is 102 cm³/mol. The van der Waals surface area contributed by atoms with Crippen LogP contribution >= 0.6 is 15.9 Å². The zero-order valence-electron chi connectivity index (χ0n) is 15.3. The van der Waals surface area contributed by atoms with Gasteiger partial charge in [-0.15, -0.1) is 0 Å². The van der Waals surface area contributed by atoms with Gasteiger partial charge >= 0.3 is 0 Å². The Bertz CT molecular complexity index is 367. The highest BCUT2D eigenvalue weighted by atomic mass is 79.9. The molecule has 0 saturated heterocycles. The van der Waals surface area contributed by atoms with Crippen LogP contribution in [0.15, 0.2) is 24.3 Å². The summed E-state index contributed by atoms with van der Waals surface area (Å²) in [4.78, 5) is 0. The molecular formula is C20H35Br2N. The van der Waals surface area contributed by atoms with E-state index < -0.39 is 0 Å². The Hall–Kier alpha value is 0.140. The van der Waals surface area contributed by atoms with Crippen molar-refractivity contribution >= 4 is 15.9 Å². The van der Waals surface area contributed by atoms with Gasteiger partial charge in [-0.25, -0.2) is 0 Å². The first-order valence-corrected chi connectivity index (χ1v) is 10.3. The molecule has 0 saturated carbocycles. The summed E-state index contributed by atoms with van der Waals surface area (Å²) in [6, 6.07) is 9.23. The fraction of sp³-hybridized carbons (Fsp3) is 0.700. The van der Waals surface area contributed by atoms with Gasteiger partial charge in [-0.1, -0.05) is 80.2 Å². The molecule has 0 unspecified atom stereocenters. The number of quaternary nitrogens is 1. The van der Waals surface area contributed by atoms with Gasteiger partial charge < -0.3 is 21.5 Å². The Kier molecular flexibility index (Phi) is 13.5. The summed E-state index contributed by atoms with van der Waals surface area (Å²) in [6.45, 7) is 12.2. The number of nitrogens with zero attached hydrogens (tertiary/aromatic N) is 1. The van der Waals surface area contributed by atoms with Gasteiger partial charge in [0.15, 0.2) is 0 Å². The number of hydrogen-bond donors (Lipinski definition) is 0. The minimum Gasteiger partial charge on any atom is -1.00 e. The van der Waals surface area contributed by atoms with E-state index in [-0.39, 0.29) is 17.0 Å². The van der Waals surface area contributed by atoms with Crippen molar-refractivity contribution in [3.05, 3.63) is 35.4 Å². The largest absolute Gasteiger partial charge is 1.00 e. The molecule has 0 radical (unpaired) electrons. The Balaban J connectivity index is 0.00000484. The van der Waals surface area contributed by atoms with Gasteiger partial charge in [0.2, 0.25) is 0 Å². The average Bonchev–Trinajstić information content (AvgIpc) is 2.56. The van der Waals surface area contributed by atoms with Crippen molar-refractivity contribution in [1.29, 1.82) is 0 Å². The molecule has 134 valence electrons. The molecule has 1 rings (SSSR count). The van der Waals surface area contributed by atoms with Gasteiger partial charge in [0.25, 0.3) is 0 Å². The highest BCUT2D eigenvalue weighted by Crippen LogP contribution is 2.20. The van der Waals surface area contributed by atoms with Crippen LogP contribution in [0.1, 0.15) is 70.4 Å². The predicted octanol–water partition coefficient (Wildman–Crippen LogP) is 3.30. The standard InChI is InChI=1S/C20H35BrN.BrH/c1-4-7-14-22(15-8-5-2,16-9-6-3)18-20-12-10-19(17-21)11-13-20;/h10-13H,4-9,14-18H2,1-3H3;1H/q+1;/p-1. The molecular weight excluding hydrogens is 414 g/mol. The molecule has 0 aliphatic carbocycles. The zero-order chi connectivity index (χ0) is 16.3. The summed E-state index contributed by atoms with van der Waals surface area (Å²) in [6.07, 6.45) is 7.98. The molecule has 0 fully saturated rings. The summed E-state index contributed by atoms with van der Waals surface area (Å²) >= 11 is 3.54. The molecule has 3 heteroatoms. The zero-order valence-corrected chi connectivity index (χ0v) is 18.5. The third kappa shape index (κ3) is 8.69. The van der Waals surface area contributed by atoms with Crippen LogP contribution in [0.4, 0.5) is 0 Å². The molecule has 1 nitrogen and oxygen atoms in total. The lowest BCUT2D eigenvalue weighted by Crippen LogP contribution is -3.00. The van der Waals surface area contributed by atoms with Crippen LogP contribution in [0.2, 0.25) is 0 Å². The van der Waals surface area contributed by atoms with E-state index in [4.69, 9.17) is 0 Å². The van der Waals surface area contributed by atoms with Crippen molar-refractivity contribution in [2.45, 2.75) is 71.2 Å². The SMILES string of the molecule is CCCC[N+](CCCC)(CCCC)Cc1ccc(CBr)cc1.[Br-]. The number of hydrogen-bond acceptors (Lipinski definition) is 0. The molecule has 1 aromatic rings. The maximum atomic E-state index is 3.54. The van der Waals surface area contributed by atoms with Crippen molar-refractivity contribution in [3.63, 3.8) is 0 Å². The minimum atomic E-state index is 0. The van der Waals surface area contributed by atoms with Crippen LogP contribution < -0.4 is 17.0 Å². The number of unbranched alkanes of at least 4 members (excludes halogenated alkanes) is 3. The smallest absolute Gasteiger partial charge is 0.104 e. The van der Waals surface area contributed by atoms with Gasteiger partial charge in [0.05, 0.1) is 19.6 Å². The molecule has 0 aromatic heterocycles. The number of alkyl halides is 1. The first kappa shape index (κ1) is 23.1. The normalized spacial score (nSPS) is 11.3. The highest BCUT2D eigenvalue weighted by molar-refractivity contribution is 9.08. The van der Waals surface area contributed by atoms with Crippen LogP contribution in [0.3, 0.4) is 0 Å². The Morgan fingerprint density at radius 2 is 1.13 bits per heavy atom. The summed E-state index contributed by atoms with van der Waals surface area (Å²) in [5, 5.41) is 0.953. The van der Waals surface area contributed by atoms with Crippen molar-refractivity contribution in [1.82, 2.24) is 0 Å². The maximum Gasteiger partial charge on any atom is 0.104 e. The molecule has 0 N–H and O–H groups in total. The van der Waals surface area contributed by atoms with Gasteiger partial charge in [-0.3, -0.25) is 0 Å². The molecule has 0 aliphatic heterocycles. The van der Waals surface area contributed by atoms with Crippen LogP contribution in [0.5, 0.6) is 0 Å². The fourth-order valence-corrected chi connectivity index (χ4v) is 3.55. The second-order valence-corrected chi connectivity index (χ2v) is 7.24. The molecule has 0 aliphatic rings. The second-order valence-electron chi connectivity index (χ2n) is 6.68. The molecule has 0 atom stereocenters. The summed E-state index contributed by atoms with van der Waals surface area (Å²) in [5.74, 6) is 0. The first-order valence-electron chi connectivity index (χ1n) is 9.18. The molecule has 23 heavy (non-hydrogen) atoms. The molecule has 0 heterocycles. The Morgan fingerprint density at radius 1 is 0.739 bits per heavy atom. The maximum absolute atomic E-state index is 3.54. The minimum absolute atomic E-state index is 0. The lowest BCUT2D eigenvalue weighted by atomic mass is 10.1. The lowest BCUT2D eigenvalue weighted by Gasteiger charge is -2.39. The van der Waals surface area contributed by atoms with E-state index in [0.717, 1.165) is 5.33 Å². The third-order valence-corrected chi connectivity index (χ3v) is 5.30. The van der Waals surface area contributed by atoms with E-state index in [0.29, 0.717) is 0 Å². The van der Waals surface area contributed by atoms with E-state index in [1.54, 1.807) is 0 Å². The average molecular weight is 449 g/mol. The van der Waals surface area contributed by atoms with E-state index in [2.05, 4.69) is 61.0 Å². The second kappa shape index (κ2) is 13.4. The summed E-state index contributed by atoms with van der Waals surface area (Å²) in [5.41, 5.74) is 2.88. The summed E-state index contributed by atoms with van der Waals surface area (Å²) < 4.78 is 1.29. The van der Waals surface area contributed by atoms with Gasteiger partial charge in [-0.05, 0) is 24.8 Å². The Labute approximate surface area is 163 Å². The van der Waals surface area contributed by atoms with E-state index in [1.807, 2.05) is 0 Å². The van der Waals surface area contributed by atoms with Crippen molar-refractivity contribution in [2.75, 3.05) is 19.6 Å². The first-order chi connectivity index (χ1) is 10.7. The van der Waals surface area contributed by atoms with E-state index >= 15 is 0 Å². The monoisotopic (exact) mass is 447 g/mol. The molecule has 0 spiro atoms.